The molecular weight excluding hydrogens is 262 g/mol. The SMILES string of the molecule is NCc1cccc2c(-c3ccc4ncccc4n3)n[nH]c12. The monoisotopic (exact) mass is 275 g/mol. The molecule has 102 valence electrons. The third-order valence-corrected chi connectivity index (χ3v) is 3.60. The van der Waals surface area contributed by atoms with Crippen molar-refractivity contribution >= 4 is 21.9 Å². The van der Waals surface area contributed by atoms with Crippen molar-refractivity contribution in [1.82, 2.24) is 20.2 Å². The van der Waals surface area contributed by atoms with Gasteiger partial charge in [0.2, 0.25) is 0 Å². The van der Waals surface area contributed by atoms with Crippen molar-refractivity contribution in [1.29, 1.82) is 0 Å². The predicted molar refractivity (Wildman–Crippen MR) is 82.5 cm³/mol. The molecule has 3 N–H and O–H groups in total. The number of nitrogens with one attached hydrogen (secondary N) is 1. The number of nitrogens with two attached hydrogens (primary N) is 1. The third-order valence-electron chi connectivity index (χ3n) is 3.60. The highest BCUT2D eigenvalue weighted by Crippen LogP contribution is 2.27. The average Bonchev–Trinajstić information content (AvgIpc) is 2.98. The normalized spacial score (nSPS) is 11.3. The van der Waals surface area contributed by atoms with Crippen molar-refractivity contribution in [2.75, 3.05) is 0 Å². The summed E-state index contributed by atoms with van der Waals surface area (Å²) in [4.78, 5) is 8.93. The van der Waals surface area contributed by atoms with Crippen molar-refractivity contribution in [2.45, 2.75) is 6.54 Å². The second-order valence-electron chi connectivity index (χ2n) is 4.85. The van der Waals surface area contributed by atoms with Gasteiger partial charge in [0.15, 0.2) is 0 Å². The zero-order valence-corrected chi connectivity index (χ0v) is 11.2. The lowest BCUT2D eigenvalue weighted by Gasteiger charge is -2.01. The third kappa shape index (κ3) is 1.86. The van der Waals surface area contributed by atoms with E-state index in [-0.39, 0.29) is 0 Å². The summed E-state index contributed by atoms with van der Waals surface area (Å²) in [6.45, 7) is 0.480. The van der Waals surface area contributed by atoms with Crippen LogP contribution in [0.4, 0.5) is 0 Å². The molecule has 5 heteroatoms. The first-order valence-electron chi connectivity index (χ1n) is 6.75. The number of nitrogens with zero attached hydrogens (tertiary/aromatic N) is 3. The summed E-state index contributed by atoms with van der Waals surface area (Å²) >= 11 is 0. The summed E-state index contributed by atoms with van der Waals surface area (Å²) in [5, 5.41) is 8.52. The Kier molecular flexibility index (Phi) is 2.65. The quantitative estimate of drug-likeness (QED) is 0.589. The lowest BCUT2D eigenvalue weighted by atomic mass is 10.1. The van der Waals surface area contributed by atoms with E-state index in [4.69, 9.17) is 5.73 Å². The second-order valence-corrected chi connectivity index (χ2v) is 4.85. The van der Waals surface area contributed by atoms with Crippen LogP contribution < -0.4 is 5.73 Å². The molecule has 1 aromatic carbocycles. The minimum Gasteiger partial charge on any atom is -0.326 e. The van der Waals surface area contributed by atoms with E-state index in [2.05, 4.69) is 20.2 Å². The van der Waals surface area contributed by atoms with Crippen LogP contribution in [0.25, 0.3) is 33.3 Å². The van der Waals surface area contributed by atoms with Gasteiger partial charge >= 0.3 is 0 Å². The summed E-state index contributed by atoms with van der Waals surface area (Å²) in [6.07, 6.45) is 1.77. The molecular formula is C16H13N5. The van der Waals surface area contributed by atoms with Crippen LogP contribution in [0, 0.1) is 0 Å². The van der Waals surface area contributed by atoms with Crippen molar-refractivity contribution in [3.05, 3.63) is 54.2 Å². The standard InChI is InChI=1S/C16H13N5/c17-9-10-3-1-4-11-15(10)20-21-16(11)14-7-6-12-13(19-14)5-2-8-18-12/h1-8H,9,17H2,(H,20,21). The minimum absolute atomic E-state index is 0.480. The van der Waals surface area contributed by atoms with Crippen LogP contribution in [0.15, 0.2) is 48.7 Å². The van der Waals surface area contributed by atoms with Crippen LogP contribution in [-0.2, 0) is 6.54 Å². The van der Waals surface area contributed by atoms with Gasteiger partial charge in [-0.25, -0.2) is 4.98 Å². The van der Waals surface area contributed by atoms with Crippen molar-refractivity contribution in [3.8, 4) is 11.4 Å². The van der Waals surface area contributed by atoms with E-state index < -0.39 is 0 Å². The van der Waals surface area contributed by atoms with Gasteiger partial charge in [-0.2, -0.15) is 5.10 Å². The average molecular weight is 275 g/mol. The van der Waals surface area contributed by atoms with Crippen LogP contribution in [0.5, 0.6) is 0 Å². The van der Waals surface area contributed by atoms with E-state index in [1.807, 2.05) is 42.5 Å². The molecule has 0 unspecified atom stereocenters. The molecule has 0 radical (unpaired) electrons. The summed E-state index contributed by atoms with van der Waals surface area (Å²) in [6, 6.07) is 13.8. The number of aromatic nitrogens is 4. The fraction of sp³-hybridized carbons (Fsp3) is 0.0625. The Labute approximate surface area is 120 Å². The van der Waals surface area contributed by atoms with Crippen LogP contribution in [0.2, 0.25) is 0 Å². The van der Waals surface area contributed by atoms with Gasteiger partial charge in [-0.3, -0.25) is 10.1 Å². The summed E-state index contributed by atoms with van der Waals surface area (Å²) in [5.41, 5.74) is 11.2. The molecule has 0 aliphatic carbocycles. The van der Waals surface area contributed by atoms with Gasteiger partial charge in [0, 0.05) is 18.1 Å². The van der Waals surface area contributed by atoms with Crippen LogP contribution in [-0.4, -0.2) is 20.2 Å². The van der Waals surface area contributed by atoms with Gasteiger partial charge in [0.05, 0.1) is 22.2 Å². The van der Waals surface area contributed by atoms with Crippen LogP contribution in [0.1, 0.15) is 5.56 Å². The molecule has 21 heavy (non-hydrogen) atoms. The number of hydrogen-bond acceptors (Lipinski definition) is 4. The van der Waals surface area contributed by atoms with Gasteiger partial charge in [-0.05, 0) is 29.8 Å². The summed E-state index contributed by atoms with van der Waals surface area (Å²) in [7, 11) is 0. The zero-order chi connectivity index (χ0) is 14.2. The molecule has 0 saturated heterocycles. The first kappa shape index (κ1) is 12.0. The van der Waals surface area contributed by atoms with Gasteiger partial charge < -0.3 is 5.73 Å². The predicted octanol–water partition coefficient (Wildman–Crippen LogP) is 2.63. The maximum Gasteiger partial charge on any atom is 0.118 e. The number of aromatic amines is 1. The zero-order valence-electron chi connectivity index (χ0n) is 11.2. The number of benzene rings is 1. The molecule has 3 heterocycles. The van der Waals surface area contributed by atoms with Crippen molar-refractivity contribution in [3.63, 3.8) is 0 Å². The summed E-state index contributed by atoms with van der Waals surface area (Å²) in [5.74, 6) is 0. The molecule has 5 nitrogen and oxygen atoms in total. The van der Waals surface area contributed by atoms with E-state index in [9.17, 15) is 0 Å². The molecule has 4 aromatic rings. The molecule has 4 rings (SSSR count). The molecule has 0 spiro atoms. The number of hydrogen-bond donors (Lipinski definition) is 2. The summed E-state index contributed by atoms with van der Waals surface area (Å²) < 4.78 is 0. The van der Waals surface area contributed by atoms with Gasteiger partial charge in [-0.1, -0.05) is 18.2 Å². The molecule has 3 aromatic heterocycles. The number of pyridine rings is 2. The van der Waals surface area contributed by atoms with Gasteiger partial charge in [0.1, 0.15) is 5.69 Å². The Morgan fingerprint density at radius 2 is 1.95 bits per heavy atom. The van der Waals surface area contributed by atoms with E-state index in [0.717, 1.165) is 38.9 Å². The Morgan fingerprint density at radius 3 is 2.86 bits per heavy atom. The minimum atomic E-state index is 0.480. The lowest BCUT2D eigenvalue weighted by Crippen LogP contribution is -1.96. The van der Waals surface area contributed by atoms with Crippen LogP contribution >= 0.6 is 0 Å². The van der Waals surface area contributed by atoms with Gasteiger partial charge in [0.25, 0.3) is 0 Å². The fourth-order valence-electron chi connectivity index (χ4n) is 2.56. The molecule has 0 bridgehead atoms. The maximum atomic E-state index is 5.77. The number of para-hydroxylation sites is 1. The molecule has 0 saturated carbocycles. The Morgan fingerprint density at radius 1 is 1.00 bits per heavy atom. The van der Waals surface area contributed by atoms with E-state index in [0.29, 0.717) is 6.54 Å². The number of H-pyrrole nitrogens is 1. The molecule has 0 amide bonds. The van der Waals surface area contributed by atoms with Crippen LogP contribution in [0.3, 0.4) is 0 Å². The highest BCUT2D eigenvalue weighted by molar-refractivity contribution is 5.94. The molecule has 0 aliphatic rings. The first-order valence-corrected chi connectivity index (χ1v) is 6.75. The highest BCUT2D eigenvalue weighted by atomic mass is 15.1. The van der Waals surface area contributed by atoms with E-state index in [1.165, 1.54) is 0 Å². The highest BCUT2D eigenvalue weighted by Gasteiger charge is 2.11. The fourth-order valence-corrected chi connectivity index (χ4v) is 2.56. The lowest BCUT2D eigenvalue weighted by molar-refractivity contribution is 1.06. The topological polar surface area (TPSA) is 80.5 Å². The smallest absolute Gasteiger partial charge is 0.118 e. The Bertz CT molecular complexity index is 942. The molecule has 0 atom stereocenters. The largest absolute Gasteiger partial charge is 0.326 e. The maximum absolute atomic E-state index is 5.77. The number of rotatable bonds is 2. The molecule has 0 aliphatic heterocycles. The molecule has 0 fully saturated rings. The Balaban J connectivity index is 1.96. The van der Waals surface area contributed by atoms with E-state index in [1.54, 1.807) is 6.20 Å². The van der Waals surface area contributed by atoms with E-state index >= 15 is 0 Å². The number of fused-ring (bicyclic) bond motifs is 2. The first-order chi connectivity index (χ1) is 10.4. The Hall–Kier alpha value is -2.79. The van der Waals surface area contributed by atoms with Gasteiger partial charge in [-0.15, -0.1) is 0 Å². The van der Waals surface area contributed by atoms with Crippen molar-refractivity contribution < 1.29 is 0 Å². The second kappa shape index (κ2) is 4.64. The van der Waals surface area contributed by atoms with Crippen molar-refractivity contribution in [2.24, 2.45) is 5.73 Å².